The van der Waals surface area contributed by atoms with Crippen LogP contribution in [0.1, 0.15) is 41.6 Å². The topological polar surface area (TPSA) is 60.4 Å². The molecule has 1 aliphatic rings. The van der Waals surface area contributed by atoms with Crippen LogP contribution in [0.25, 0.3) is 0 Å². The smallest absolute Gasteiger partial charge is 0.338 e. The summed E-state index contributed by atoms with van der Waals surface area (Å²) in [5.74, 6) is -1.01. The molecule has 1 aliphatic carbocycles. The van der Waals surface area contributed by atoms with Gasteiger partial charge in [-0.25, -0.2) is 17.6 Å². The van der Waals surface area contributed by atoms with Gasteiger partial charge in [-0.15, -0.1) is 0 Å². The number of hydrogen-bond acceptors (Lipinski definition) is 4. The number of esters is 1. The van der Waals surface area contributed by atoms with Crippen molar-refractivity contribution in [3.8, 4) is 0 Å². The lowest BCUT2D eigenvalue weighted by atomic mass is 9.83. The standard InChI is InChI=1S/C14H16ClFO4S/c1-9-7-11(8-12(13(9)16)21(15,18)19)14(17)20-6-5-10-3-2-4-10/h7-8,10H,2-6H2,1H3. The predicted octanol–water partition coefficient (Wildman–Crippen LogP) is 3.41. The predicted molar refractivity (Wildman–Crippen MR) is 76.4 cm³/mol. The van der Waals surface area contributed by atoms with E-state index in [2.05, 4.69) is 0 Å². The lowest BCUT2D eigenvalue weighted by Gasteiger charge is -2.24. The molecule has 0 saturated heterocycles. The third-order valence-electron chi connectivity index (χ3n) is 3.70. The van der Waals surface area contributed by atoms with Crippen LogP contribution >= 0.6 is 10.7 Å². The van der Waals surface area contributed by atoms with Gasteiger partial charge in [-0.3, -0.25) is 0 Å². The second kappa shape index (κ2) is 6.32. The molecule has 1 fully saturated rings. The number of hydrogen-bond donors (Lipinski definition) is 0. The van der Waals surface area contributed by atoms with Crippen molar-refractivity contribution >= 4 is 25.7 Å². The minimum Gasteiger partial charge on any atom is -0.462 e. The lowest BCUT2D eigenvalue weighted by molar-refractivity contribution is 0.0464. The molecule has 21 heavy (non-hydrogen) atoms. The number of rotatable bonds is 5. The Bertz CT molecular complexity index is 653. The molecule has 0 unspecified atom stereocenters. The van der Waals surface area contributed by atoms with Crippen LogP contribution in [0.2, 0.25) is 0 Å². The van der Waals surface area contributed by atoms with E-state index in [0.717, 1.165) is 25.3 Å². The number of aryl methyl sites for hydroxylation is 1. The van der Waals surface area contributed by atoms with E-state index in [9.17, 15) is 17.6 Å². The van der Waals surface area contributed by atoms with Crippen LogP contribution in [0.4, 0.5) is 4.39 Å². The summed E-state index contributed by atoms with van der Waals surface area (Å²) in [5.41, 5.74) is 0.0180. The van der Waals surface area contributed by atoms with Gasteiger partial charge in [0.15, 0.2) is 0 Å². The van der Waals surface area contributed by atoms with Crippen molar-refractivity contribution in [3.05, 3.63) is 29.1 Å². The number of carbonyl (C=O) groups is 1. The van der Waals surface area contributed by atoms with Gasteiger partial charge in [-0.2, -0.15) is 0 Å². The zero-order valence-electron chi connectivity index (χ0n) is 11.6. The van der Waals surface area contributed by atoms with E-state index in [4.69, 9.17) is 15.4 Å². The number of ether oxygens (including phenoxy) is 1. The fourth-order valence-corrected chi connectivity index (χ4v) is 3.20. The first-order valence-electron chi connectivity index (χ1n) is 6.71. The first-order valence-corrected chi connectivity index (χ1v) is 9.02. The average Bonchev–Trinajstić information content (AvgIpc) is 2.33. The highest BCUT2D eigenvalue weighted by Gasteiger charge is 2.22. The molecule has 2 rings (SSSR count). The summed E-state index contributed by atoms with van der Waals surface area (Å²) in [6, 6.07) is 2.17. The van der Waals surface area contributed by atoms with Gasteiger partial charge >= 0.3 is 5.97 Å². The number of benzene rings is 1. The molecule has 0 radical (unpaired) electrons. The molecular formula is C14H16ClFO4S. The van der Waals surface area contributed by atoms with Crippen molar-refractivity contribution < 1.29 is 22.3 Å². The molecule has 0 aromatic heterocycles. The summed E-state index contributed by atoms with van der Waals surface area (Å²) in [6.45, 7) is 1.65. The quantitative estimate of drug-likeness (QED) is 0.611. The molecule has 0 atom stereocenters. The average molecular weight is 335 g/mol. The SMILES string of the molecule is Cc1cc(C(=O)OCCC2CCC2)cc(S(=O)(=O)Cl)c1F. The van der Waals surface area contributed by atoms with Crippen molar-refractivity contribution in [2.75, 3.05) is 6.61 Å². The minimum atomic E-state index is -4.25. The Morgan fingerprint density at radius 3 is 2.62 bits per heavy atom. The highest BCUT2D eigenvalue weighted by Crippen LogP contribution is 2.29. The molecule has 0 N–H and O–H groups in total. The van der Waals surface area contributed by atoms with Crippen LogP contribution in [0.5, 0.6) is 0 Å². The van der Waals surface area contributed by atoms with Gasteiger partial charge < -0.3 is 4.74 Å². The molecule has 1 aromatic rings. The Labute approximate surface area is 127 Å². The van der Waals surface area contributed by atoms with Crippen molar-refractivity contribution in [1.29, 1.82) is 0 Å². The van der Waals surface area contributed by atoms with Gasteiger partial charge in [0.05, 0.1) is 12.2 Å². The largest absolute Gasteiger partial charge is 0.462 e. The second-order valence-electron chi connectivity index (χ2n) is 5.26. The molecule has 4 nitrogen and oxygen atoms in total. The lowest BCUT2D eigenvalue weighted by Crippen LogP contribution is -2.16. The molecular weight excluding hydrogens is 319 g/mol. The Hall–Kier alpha value is -1.14. The Morgan fingerprint density at radius 1 is 1.43 bits per heavy atom. The third kappa shape index (κ3) is 3.95. The Kier molecular flexibility index (Phi) is 4.88. The van der Waals surface area contributed by atoms with Crippen LogP contribution in [0, 0.1) is 18.7 Å². The first-order chi connectivity index (χ1) is 9.79. The van der Waals surface area contributed by atoms with Crippen molar-refractivity contribution in [2.24, 2.45) is 5.92 Å². The summed E-state index contributed by atoms with van der Waals surface area (Å²) >= 11 is 0. The van der Waals surface area contributed by atoms with E-state index in [1.807, 2.05) is 0 Å². The van der Waals surface area contributed by atoms with Gasteiger partial charge in [-0.05, 0) is 37.0 Å². The Balaban J connectivity index is 2.11. The van der Waals surface area contributed by atoms with E-state index in [1.165, 1.54) is 19.4 Å². The van der Waals surface area contributed by atoms with E-state index < -0.39 is 25.7 Å². The molecule has 0 spiro atoms. The van der Waals surface area contributed by atoms with Crippen LogP contribution < -0.4 is 0 Å². The van der Waals surface area contributed by atoms with Crippen molar-refractivity contribution in [3.63, 3.8) is 0 Å². The van der Waals surface area contributed by atoms with E-state index in [-0.39, 0.29) is 17.7 Å². The molecule has 0 heterocycles. The monoisotopic (exact) mass is 334 g/mol. The number of carbonyl (C=O) groups excluding carboxylic acids is 1. The van der Waals surface area contributed by atoms with Crippen LogP contribution in [-0.2, 0) is 13.8 Å². The van der Waals surface area contributed by atoms with Gasteiger partial charge in [0.1, 0.15) is 10.7 Å². The summed E-state index contributed by atoms with van der Waals surface area (Å²) < 4.78 is 41.4. The van der Waals surface area contributed by atoms with E-state index in [1.54, 1.807) is 0 Å². The van der Waals surface area contributed by atoms with Crippen LogP contribution in [-0.4, -0.2) is 21.0 Å². The summed E-state index contributed by atoms with van der Waals surface area (Å²) in [6.07, 6.45) is 4.32. The highest BCUT2D eigenvalue weighted by molar-refractivity contribution is 8.13. The van der Waals surface area contributed by atoms with E-state index in [0.29, 0.717) is 5.92 Å². The molecule has 7 heteroatoms. The molecule has 0 aliphatic heterocycles. The maximum Gasteiger partial charge on any atom is 0.338 e. The van der Waals surface area contributed by atoms with Crippen LogP contribution in [0.3, 0.4) is 0 Å². The highest BCUT2D eigenvalue weighted by atomic mass is 35.7. The fraction of sp³-hybridized carbons (Fsp3) is 0.500. The second-order valence-corrected chi connectivity index (χ2v) is 7.80. The number of halogens is 2. The third-order valence-corrected chi connectivity index (χ3v) is 5.02. The maximum atomic E-state index is 13.7. The Morgan fingerprint density at radius 2 is 2.10 bits per heavy atom. The minimum absolute atomic E-state index is 0.0123. The first kappa shape index (κ1) is 16.2. The fourth-order valence-electron chi connectivity index (χ4n) is 2.22. The normalized spacial score (nSPS) is 15.6. The van der Waals surface area contributed by atoms with Gasteiger partial charge in [0.2, 0.25) is 0 Å². The molecule has 1 saturated carbocycles. The zero-order chi connectivity index (χ0) is 15.6. The van der Waals surface area contributed by atoms with Crippen molar-refractivity contribution in [1.82, 2.24) is 0 Å². The van der Waals surface area contributed by atoms with Crippen molar-refractivity contribution in [2.45, 2.75) is 37.5 Å². The summed E-state index contributed by atoms with van der Waals surface area (Å²) in [5, 5.41) is 0. The molecule has 0 amide bonds. The zero-order valence-corrected chi connectivity index (χ0v) is 13.1. The molecule has 0 bridgehead atoms. The molecule has 1 aromatic carbocycles. The summed E-state index contributed by atoms with van der Waals surface area (Å²) in [4.78, 5) is 11.2. The van der Waals surface area contributed by atoms with E-state index >= 15 is 0 Å². The van der Waals surface area contributed by atoms with Gasteiger partial charge in [-0.1, -0.05) is 19.3 Å². The van der Waals surface area contributed by atoms with Crippen LogP contribution in [0.15, 0.2) is 17.0 Å². The van der Waals surface area contributed by atoms with Gasteiger partial charge in [0.25, 0.3) is 9.05 Å². The maximum absolute atomic E-state index is 13.7. The van der Waals surface area contributed by atoms with Gasteiger partial charge in [0, 0.05) is 10.7 Å². The summed E-state index contributed by atoms with van der Waals surface area (Å²) in [7, 11) is 0.914. The molecule has 116 valence electrons.